The molecular weight excluding hydrogens is 281 g/mol. The van der Waals surface area contributed by atoms with Gasteiger partial charge in [-0.15, -0.1) is 0 Å². The molecule has 1 aromatic heterocycles. The van der Waals surface area contributed by atoms with Crippen molar-refractivity contribution in [2.45, 2.75) is 6.92 Å². The third-order valence-electron chi connectivity index (χ3n) is 2.41. The van der Waals surface area contributed by atoms with E-state index in [1.807, 2.05) is 5.43 Å². The lowest BCUT2D eigenvalue weighted by Crippen LogP contribution is -2.41. The van der Waals surface area contributed by atoms with Gasteiger partial charge in [0, 0.05) is 11.6 Å². The second-order valence-electron chi connectivity index (χ2n) is 3.89. The molecule has 0 aliphatic carbocycles. The molecule has 0 radical (unpaired) electrons. The molecule has 2 N–H and O–H groups in total. The number of hydrogen-bond acceptors (Lipinski definition) is 5. The van der Waals surface area contributed by atoms with Crippen molar-refractivity contribution in [3.05, 3.63) is 41.9 Å². The number of aromatic nitrogens is 1. The lowest BCUT2D eigenvalue weighted by Gasteiger charge is -2.04. The average Bonchev–Trinajstić information content (AvgIpc) is 2.95. The van der Waals surface area contributed by atoms with E-state index in [1.165, 1.54) is 24.3 Å². The summed E-state index contributed by atoms with van der Waals surface area (Å²) in [6.07, 6.45) is -0.796. The third kappa shape index (κ3) is 3.78. The second kappa shape index (κ2) is 6.51. The highest BCUT2D eigenvalue weighted by molar-refractivity contribution is 5.93. The van der Waals surface area contributed by atoms with Gasteiger partial charge in [0.05, 0.1) is 6.61 Å². The molecule has 0 aliphatic rings. The summed E-state index contributed by atoms with van der Waals surface area (Å²) in [6.45, 7) is 1.80. The number of carbonyl (C=O) groups is 2. The van der Waals surface area contributed by atoms with E-state index in [-0.39, 0.29) is 12.4 Å². The fourth-order valence-electron chi connectivity index (χ4n) is 1.50. The van der Waals surface area contributed by atoms with Crippen molar-refractivity contribution in [1.29, 1.82) is 0 Å². The first kappa shape index (κ1) is 14.5. The maximum atomic E-state index is 13.1. The molecule has 0 saturated heterocycles. The molecule has 110 valence electrons. The van der Waals surface area contributed by atoms with E-state index in [4.69, 9.17) is 4.52 Å². The van der Waals surface area contributed by atoms with Crippen molar-refractivity contribution in [2.24, 2.45) is 0 Å². The van der Waals surface area contributed by atoms with Gasteiger partial charge in [-0.3, -0.25) is 10.2 Å². The van der Waals surface area contributed by atoms with Crippen LogP contribution in [0.1, 0.15) is 17.5 Å². The Balaban J connectivity index is 2.02. The molecule has 2 aromatic rings. The Labute approximate surface area is 119 Å². The number of amides is 2. The van der Waals surface area contributed by atoms with Gasteiger partial charge in [-0.2, -0.15) is 0 Å². The number of nitrogens with zero attached hydrogens (tertiary/aromatic N) is 1. The van der Waals surface area contributed by atoms with Crippen LogP contribution < -0.4 is 10.9 Å². The molecular formula is C13H12FN3O4. The van der Waals surface area contributed by atoms with Gasteiger partial charge in [0.15, 0.2) is 0 Å². The van der Waals surface area contributed by atoms with Crippen molar-refractivity contribution in [2.75, 3.05) is 6.61 Å². The highest BCUT2D eigenvalue weighted by Gasteiger charge is 2.15. The van der Waals surface area contributed by atoms with Crippen molar-refractivity contribution in [3.8, 4) is 11.3 Å². The number of hydrazine groups is 1. The predicted molar refractivity (Wildman–Crippen MR) is 69.5 cm³/mol. The molecule has 0 spiro atoms. The normalized spacial score (nSPS) is 10.0. The van der Waals surface area contributed by atoms with Crippen LogP contribution in [0.5, 0.6) is 0 Å². The number of benzene rings is 1. The molecule has 0 atom stereocenters. The van der Waals surface area contributed by atoms with Gasteiger partial charge in [0.25, 0.3) is 0 Å². The summed E-state index contributed by atoms with van der Waals surface area (Å²) in [5.41, 5.74) is 4.89. The van der Waals surface area contributed by atoms with Crippen molar-refractivity contribution in [1.82, 2.24) is 16.0 Å². The number of nitrogens with one attached hydrogen (secondary N) is 2. The minimum atomic E-state index is -0.796. The largest absolute Gasteiger partial charge is 0.449 e. The molecule has 0 fully saturated rings. The van der Waals surface area contributed by atoms with Crippen LogP contribution in [0.25, 0.3) is 11.3 Å². The third-order valence-corrected chi connectivity index (χ3v) is 2.41. The Hall–Kier alpha value is -2.90. The van der Waals surface area contributed by atoms with Crippen LogP contribution in [0.3, 0.4) is 0 Å². The Kier molecular flexibility index (Phi) is 4.50. The minimum absolute atomic E-state index is 0.133. The maximum Gasteiger partial charge on any atom is 0.426 e. The van der Waals surface area contributed by atoms with E-state index in [9.17, 15) is 14.0 Å². The molecule has 0 aliphatic heterocycles. The van der Waals surface area contributed by atoms with Gasteiger partial charge < -0.3 is 9.26 Å². The molecule has 0 unspecified atom stereocenters. The fourth-order valence-corrected chi connectivity index (χ4v) is 1.50. The van der Waals surface area contributed by atoms with Crippen LogP contribution in [-0.2, 0) is 4.74 Å². The summed E-state index contributed by atoms with van der Waals surface area (Å²) in [6, 6.07) is 7.02. The van der Waals surface area contributed by atoms with Crippen LogP contribution in [-0.4, -0.2) is 23.8 Å². The standard InChI is InChI=1S/C13H12FN3O4/c1-2-20-13(19)16-15-12(18)11-7-10(17-21-11)8-4-3-5-9(14)6-8/h3-7H,2H2,1H3,(H,15,18)(H,16,19). The molecule has 0 bridgehead atoms. The first-order valence-corrected chi connectivity index (χ1v) is 6.06. The summed E-state index contributed by atoms with van der Waals surface area (Å²) in [5.74, 6) is -1.27. The van der Waals surface area contributed by atoms with E-state index in [2.05, 4.69) is 15.3 Å². The number of hydrogen-bond donors (Lipinski definition) is 2. The average molecular weight is 293 g/mol. The van der Waals surface area contributed by atoms with E-state index in [1.54, 1.807) is 13.0 Å². The van der Waals surface area contributed by atoms with Crippen LogP contribution in [0, 0.1) is 5.82 Å². The Bertz CT molecular complexity index is 656. The van der Waals surface area contributed by atoms with E-state index in [0.29, 0.717) is 11.3 Å². The highest BCUT2D eigenvalue weighted by Crippen LogP contribution is 2.19. The highest BCUT2D eigenvalue weighted by atomic mass is 19.1. The quantitative estimate of drug-likeness (QED) is 0.843. The zero-order valence-corrected chi connectivity index (χ0v) is 11.1. The first-order valence-electron chi connectivity index (χ1n) is 6.06. The van der Waals surface area contributed by atoms with Gasteiger partial charge in [-0.1, -0.05) is 17.3 Å². The summed E-state index contributed by atoms with van der Waals surface area (Å²) >= 11 is 0. The van der Waals surface area contributed by atoms with Crippen molar-refractivity contribution in [3.63, 3.8) is 0 Å². The van der Waals surface area contributed by atoms with Gasteiger partial charge in [0.2, 0.25) is 5.76 Å². The molecule has 2 rings (SSSR count). The maximum absolute atomic E-state index is 13.1. The second-order valence-corrected chi connectivity index (χ2v) is 3.89. The molecule has 21 heavy (non-hydrogen) atoms. The Morgan fingerprint density at radius 1 is 1.33 bits per heavy atom. The van der Waals surface area contributed by atoms with Gasteiger partial charge in [-0.25, -0.2) is 14.6 Å². The van der Waals surface area contributed by atoms with Crippen LogP contribution in [0.15, 0.2) is 34.9 Å². The molecule has 1 heterocycles. The molecule has 2 amide bonds. The minimum Gasteiger partial charge on any atom is -0.449 e. The Morgan fingerprint density at radius 2 is 2.14 bits per heavy atom. The van der Waals surface area contributed by atoms with Crippen molar-refractivity contribution >= 4 is 12.0 Å². The van der Waals surface area contributed by atoms with Crippen LogP contribution >= 0.6 is 0 Å². The molecule has 7 nitrogen and oxygen atoms in total. The summed E-state index contributed by atoms with van der Waals surface area (Å²) in [7, 11) is 0. The van der Waals surface area contributed by atoms with Crippen molar-refractivity contribution < 1.29 is 23.2 Å². The predicted octanol–water partition coefficient (Wildman–Crippen LogP) is 1.87. The molecule has 8 heteroatoms. The number of carbonyl (C=O) groups excluding carboxylic acids is 2. The number of ether oxygens (including phenoxy) is 1. The molecule has 1 aromatic carbocycles. The zero-order chi connectivity index (χ0) is 15.2. The molecule has 0 saturated carbocycles. The summed E-state index contributed by atoms with van der Waals surface area (Å²) in [5, 5.41) is 3.67. The lowest BCUT2D eigenvalue weighted by molar-refractivity contribution is 0.0877. The van der Waals surface area contributed by atoms with Gasteiger partial charge in [0.1, 0.15) is 11.5 Å². The van der Waals surface area contributed by atoms with Gasteiger partial charge in [-0.05, 0) is 19.1 Å². The number of rotatable bonds is 3. The van der Waals surface area contributed by atoms with E-state index < -0.39 is 17.8 Å². The SMILES string of the molecule is CCOC(=O)NNC(=O)c1cc(-c2cccc(F)c2)no1. The van der Waals surface area contributed by atoms with E-state index in [0.717, 1.165) is 0 Å². The smallest absolute Gasteiger partial charge is 0.426 e. The topological polar surface area (TPSA) is 93.5 Å². The first-order chi connectivity index (χ1) is 10.1. The number of halogens is 1. The van der Waals surface area contributed by atoms with E-state index >= 15 is 0 Å². The van der Waals surface area contributed by atoms with Crippen LogP contribution in [0.2, 0.25) is 0 Å². The van der Waals surface area contributed by atoms with Crippen LogP contribution in [0.4, 0.5) is 9.18 Å². The lowest BCUT2D eigenvalue weighted by atomic mass is 10.1. The monoisotopic (exact) mass is 293 g/mol. The zero-order valence-electron chi connectivity index (χ0n) is 11.1. The Morgan fingerprint density at radius 3 is 2.86 bits per heavy atom. The summed E-state index contributed by atoms with van der Waals surface area (Å²) in [4.78, 5) is 22.7. The summed E-state index contributed by atoms with van der Waals surface area (Å²) < 4.78 is 22.5. The fraction of sp³-hybridized carbons (Fsp3) is 0.154. The van der Waals surface area contributed by atoms with Gasteiger partial charge >= 0.3 is 12.0 Å².